The van der Waals surface area contributed by atoms with E-state index in [1.54, 1.807) is 12.1 Å². The van der Waals surface area contributed by atoms with E-state index in [0.29, 0.717) is 12.2 Å². The molecule has 3 nitrogen and oxygen atoms in total. The SMILES string of the molecule is CCCCCC(=O)c1ccc(C(C)=O)o1. The van der Waals surface area contributed by atoms with Crippen molar-refractivity contribution in [2.75, 3.05) is 0 Å². The lowest BCUT2D eigenvalue weighted by molar-refractivity contribution is 0.0940. The molecule has 1 aromatic heterocycles. The van der Waals surface area contributed by atoms with Crippen molar-refractivity contribution in [2.24, 2.45) is 0 Å². The second-order valence-electron chi connectivity index (χ2n) is 3.60. The molecule has 0 fully saturated rings. The Balaban J connectivity index is 2.54. The molecule has 0 saturated heterocycles. The molecule has 82 valence electrons. The molecular weight excluding hydrogens is 192 g/mol. The van der Waals surface area contributed by atoms with Gasteiger partial charge in [0.25, 0.3) is 0 Å². The first-order valence-electron chi connectivity index (χ1n) is 5.29. The van der Waals surface area contributed by atoms with Crippen LogP contribution >= 0.6 is 0 Å². The normalized spacial score (nSPS) is 10.3. The van der Waals surface area contributed by atoms with Gasteiger partial charge in [-0.05, 0) is 18.6 Å². The summed E-state index contributed by atoms with van der Waals surface area (Å²) in [6.07, 6.45) is 3.51. The van der Waals surface area contributed by atoms with Gasteiger partial charge in [0.2, 0.25) is 0 Å². The minimum atomic E-state index is -0.150. The molecule has 1 aromatic rings. The summed E-state index contributed by atoms with van der Waals surface area (Å²) in [4.78, 5) is 22.5. The maximum absolute atomic E-state index is 11.6. The first-order valence-corrected chi connectivity index (χ1v) is 5.29. The zero-order valence-electron chi connectivity index (χ0n) is 9.21. The van der Waals surface area contributed by atoms with Crippen LogP contribution in [0.25, 0.3) is 0 Å². The van der Waals surface area contributed by atoms with Crippen molar-refractivity contribution in [3.05, 3.63) is 23.7 Å². The summed E-state index contributed by atoms with van der Waals surface area (Å²) in [5.74, 6) is 0.392. The number of ketones is 2. The molecule has 0 bridgehead atoms. The van der Waals surface area contributed by atoms with E-state index < -0.39 is 0 Å². The van der Waals surface area contributed by atoms with Gasteiger partial charge in [-0.3, -0.25) is 9.59 Å². The van der Waals surface area contributed by atoms with Crippen LogP contribution in [0.2, 0.25) is 0 Å². The molecule has 0 radical (unpaired) electrons. The molecule has 0 aliphatic rings. The van der Waals surface area contributed by atoms with Gasteiger partial charge in [-0.2, -0.15) is 0 Å². The summed E-state index contributed by atoms with van der Waals surface area (Å²) in [6.45, 7) is 3.51. The summed E-state index contributed by atoms with van der Waals surface area (Å²) in [6, 6.07) is 3.13. The van der Waals surface area contributed by atoms with Crippen molar-refractivity contribution >= 4 is 11.6 Å². The number of unbranched alkanes of at least 4 members (excludes halogenated alkanes) is 2. The van der Waals surface area contributed by atoms with Crippen LogP contribution in [-0.2, 0) is 0 Å². The highest BCUT2D eigenvalue weighted by Crippen LogP contribution is 2.12. The third-order valence-corrected chi connectivity index (χ3v) is 2.24. The standard InChI is InChI=1S/C12H16O3/c1-3-4-5-6-10(14)12-8-7-11(15-12)9(2)13/h7-8H,3-6H2,1-2H3. The number of Topliss-reactive ketones (excluding diaryl/α,β-unsaturated/α-hetero) is 2. The average Bonchev–Trinajstić information content (AvgIpc) is 2.66. The van der Waals surface area contributed by atoms with Crippen LogP contribution in [0.4, 0.5) is 0 Å². The fourth-order valence-corrected chi connectivity index (χ4v) is 1.34. The largest absolute Gasteiger partial charge is 0.450 e. The third kappa shape index (κ3) is 3.35. The highest BCUT2D eigenvalue weighted by atomic mass is 16.4. The number of rotatable bonds is 6. The Morgan fingerprint density at radius 1 is 1.20 bits per heavy atom. The summed E-state index contributed by atoms with van der Waals surface area (Å²) in [7, 11) is 0. The van der Waals surface area contributed by atoms with Crippen molar-refractivity contribution in [2.45, 2.75) is 39.5 Å². The van der Waals surface area contributed by atoms with Gasteiger partial charge >= 0.3 is 0 Å². The van der Waals surface area contributed by atoms with E-state index >= 15 is 0 Å². The second kappa shape index (κ2) is 5.49. The fraction of sp³-hybridized carbons (Fsp3) is 0.500. The smallest absolute Gasteiger partial charge is 0.198 e. The Morgan fingerprint density at radius 3 is 2.40 bits per heavy atom. The molecular formula is C12H16O3. The van der Waals surface area contributed by atoms with Crippen molar-refractivity contribution in [1.82, 2.24) is 0 Å². The summed E-state index contributed by atoms with van der Waals surface area (Å²) in [5.41, 5.74) is 0. The zero-order valence-corrected chi connectivity index (χ0v) is 9.21. The van der Waals surface area contributed by atoms with Crippen LogP contribution in [0.1, 0.15) is 60.6 Å². The highest BCUT2D eigenvalue weighted by Gasteiger charge is 2.12. The molecule has 0 N–H and O–H groups in total. The summed E-state index contributed by atoms with van der Waals surface area (Å²) in [5, 5.41) is 0. The van der Waals surface area contributed by atoms with E-state index in [1.165, 1.54) is 6.92 Å². The fourth-order valence-electron chi connectivity index (χ4n) is 1.34. The lowest BCUT2D eigenvalue weighted by Crippen LogP contribution is -1.97. The lowest BCUT2D eigenvalue weighted by Gasteiger charge is -1.96. The average molecular weight is 208 g/mol. The quantitative estimate of drug-likeness (QED) is 0.532. The van der Waals surface area contributed by atoms with Gasteiger partial charge in [-0.1, -0.05) is 19.8 Å². The Labute approximate surface area is 89.5 Å². The molecule has 0 aliphatic carbocycles. The molecule has 0 spiro atoms. The van der Waals surface area contributed by atoms with E-state index in [4.69, 9.17) is 4.42 Å². The van der Waals surface area contributed by atoms with Crippen LogP contribution in [0.15, 0.2) is 16.5 Å². The maximum Gasteiger partial charge on any atom is 0.198 e. The van der Waals surface area contributed by atoms with Crippen LogP contribution in [0.3, 0.4) is 0 Å². The molecule has 3 heteroatoms. The van der Waals surface area contributed by atoms with Gasteiger partial charge in [0, 0.05) is 13.3 Å². The predicted molar refractivity (Wildman–Crippen MR) is 57.2 cm³/mol. The number of carbonyl (C=O) groups is 2. The number of furan rings is 1. The zero-order chi connectivity index (χ0) is 11.3. The topological polar surface area (TPSA) is 47.3 Å². The highest BCUT2D eigenvalue weighted by molar-refractivity contribution is 5.96. The first kappa shape index (κ1) is 11.7. The minimum Gasteiger partial charge on any atom is -0.450 e. The van der Waals surface area contributed by atoms with E-state index in [-0.39, 0.29) is 17.3 Å². The Morgan fingerprint density at radius 2 is 1.87 bits per heavy atom. The molecule has 0 unspecified atom stereocenters. The van der Waals surface area contributed by atoms with Crippen LogP contribution < -0.4 is 0 Å². The Kier molecular flexibility index (Phi) is 4.28. The van der Waals surface area contributed by atoms with E-state index in [2.05, 4.69) is 6.92 Å². The molecule has 0 aliphatic heterocycles. The minimum absolute atomic E-state index is 0.0176. The summed E-state index contributed by atoms with van der Waals surface area (Å²) < 4.78 is 5.14. The molecule has 0 atom stereocenters. The third-order valence-electron chi connectivity index (χ3n) is 2.24. The molecule has 0 saturated carbocycles. The molecule has 1 heterocycles. The molecule has 15 heavy (non-hydrogen) atoms. The van der Waals surface area contributed by atoms with E-state index in [9.17, 15) is 9.59 Å². The molecule has 1 rings (SSSR count). The number of hydrogen-bond donors (Lipinski definition) is 0. The van der Waals surface area contributed by atoms with Gasteiger partial charge < -0.3 is 4.42 Å². The maximum atomic E-state index is 11.6. The van der Waals surface area contributed by atoms with Gasteiger partial charge in [0.05, 0.1) is 0 Å². The van der Waals surface area contributed by atoms with Crippen molar-refractivity contribution < 1.29 is 14.0 Å². The van der Waals surface area contributed by atoms with Gasteiger partial charge in [0.1, 0.15) is 0 Å². The molecule has 0 aromatic carbocycles. The Bertz CT molecular complexity index is 350. The molecule has 0 amide bonds. The van der Waals surface area contributed by atoms with Gasteiger partial charge in [-0.15, -0.1) is 0 Å². The second-order valence-corrected chi connectivity index (χ2v) is 3.60. The monoisotopic (exact) mass is 208 g/mol. The van der Waals surface area contributed by atoms with E-state index in [0.717, 1.165) is 19.3 Å². The van der Waals surface area contributed by atoms with Crippen molar-refractivity contribution in [3.63, 3.8) is 0 Å². The summed E-state index contributed by atoms with van der Waals surface area (Å²) >= 11 is 0. The van der Waals surface area contributed by atoms with Crippen LogP contribution in [0, 0.1) is 0 Å². The van der Waals surface area contributed by atoms with Crippen LogP contribution in [0.5, 0.6) is 0 Å². The predicted octanol–water partition coefficient (Wildman–Crippen LogP) is 3.25. The Hall–Kier alpha value is -1.38. The number of hydrogen-bond acceptors (Lipinski definition) is 3. The van der Waals surface area contributed by atoms with Gasteiger partial charge in [0.15, 0.2) is 23.1 Å². The number of carbonyl (C=O) groups excluding carboxylic acids is 2. The first-order chi connectivity index (χ1) is 7.15. The lowest BCUT2D eigenvalue weighted by atomic mass is 10.1. The van der Waals surface area contributed by atoms with Crippen molar-refractivity contribution in [1.29, 1.82) is 0 Å². The van der Waals surface area contributed by atoms with Crippen LogP contribution in [-0.4, -0.2) is 11.6 Å². The van der Waals surface area contributed by atoms with Crippen molar-refractivity contribution in [3.8, 4) is 0 Å². The van der Waals surface area contributed by atoms with Gasteiger partial charge in [-0.25, -0.2) is 0 Å². The van der Waals surface area contributed by atoms with E-state index in [1.807, 2.05) is 0 Å².